The zero-order chi connectivity index (χ0) is 20.2. The van der Waals surface area contributed by atoms with Crippen molar-refractivity contribution in [3.05, 3.63) is 59.2 Å². The van der Waals surface area contributed by atoms with Gasteiger partial charge in [0, 0.05) is 19.2 Å². The first-order valence-corrected chi connectivity index (χ1v) is 10.4. The van der Waals surface area contributed by atoms with E-state index in [-0.39, 0.29) is 12.5 Å². The third kappa shape index (κ3) is 5.47. The van der Waals surface area contributed by atoms with Crippen molar-refractivity contribution in [3.63, 3.8) is 0 Å². The highest BCUT2D eigenvalue weighted by atomic mass is 32.2. The monoisotopic (exact) mass is 390 g/mol. The van der Waals surface area contributed by atoms with Gasteiger partial charge >= 0.3 is 0 Å². The van der Waals surface area contributed by atoms with Gasteiger partial charge < -0.3 is 9.64 Å². The molecule has 0 N–H and O–H groups in total. The second-order valence-corrected chi connectivity index (χ2v) is 8.58. The Hall–Kier alpha value is -2.54. The largest absolute Gasteiger partial charge is 0.496 e. The molecule has 1 amide bonds. The van der Waals surface area contributed by atoms with E-state index in [1.54, 1.807) is 26.3 Å². The third-order valence-corrected chi connectivity index (χ3v) is 5.34. The molecule has 0 bridgehead atoms. The molecule has 146 valence electrons. The van der Waals surface area contributed by atoms with Gasteiger partial charge in [-0.15, -0.1) is 0 Å². The number of carbonyl (C=O) groups excluding carboxylic acids is 1. The number of ether oxygens (including phenoxy) is 1. The first-order valence-electron chi connectivity index (χ1n) is 8.53. The van der Waals surface area contributed by atoms with E-state index in [0.717, 1.165) is 27.3 Å². The molecule has 0 saturated carbocycles. The lowest BCUT2D eigenvalue weighted by molar-refractivity contribution is -0.128. The third-order valence-electron chi connectivity index (χ3n) is 4.20. The number of sulfonamides is 1. The van der Waals surface area contributed by atoms with Crippen molar-refractivity contribution in [2.24, 2.45) is 0 Å². The number of rotatable bonds is 7. The van der Waals surface area contributed by atoms with Gasteiger partial charge in [0.25, 0.3) is 0 Å². The van der Waals surface area contributed by atoms with Crippen LogP contribution in [0.2, 0.25) is 0 Å². The molecule has 2 aromatic carbocycles. The molecular formula is C20H26N2O4S. The van der Waals surface area contributed by atoms with Crippen LogP contribution in [0.4, 0.5) is 5.69 Å². The molecule has 0 aliphatic rings. The number of anilines is 1. The standard InChI is InChI=1S/C20H26N2O4S/c1-15-10-16(2)12-18(11-15)22(27(5,24)25)14-20(23)21(3)13-17-8-6-7-9-19(17)26-4/h6-12H,13-14H2,1-5H3. The quantitative estimate of drug-likeness (QED) is 0.729. The van der Waals surface area contributed by atoms with E-state index in [1.165, 1.54) is 4.90 Å². The van der Waals surface area contributed by atoms with E-state index in [2.05, 4.69) is 0 Å². The Morgan fingerprint density at radius 2 is 1.67 bits per heavy atom. The number of carbonyl (C=O) groups is 1. The Kier molecular flexibility index (Phi) is 6.49. The van der Waals surface area contributed by atoms with Gasteiger partial charge in [0.1, 0.15) is 12.3 Å². The highest BCUT2D eigenvalue weighted by molar-refractivity contribution is 7.92. The highest BCUT2D eigenvalue weighted by Crippen LogP contribution is 2.22. The fourth-order valence-electron chi connectivity index (χ4n) is 2.92. The zero-order valence-corrected chi connectivity index (χ0v) is 17.2. The van der Waals surface area contributed by atoms with Crippen LogP contribution in [-0.2, 0) is 21.4 Å². The molecule has 2 aromatic rings. The van der Waals surface area contributed by atoms with Crippen LogP contribution in [-0.4, -0.2) is 46.2 Å². The van der Waals surface area contributed by atoms with Gasteiger partial charge in [-0.05, 0) is 43.2 Å². The average Bonchev–Trinajstić information content (AvgIpc) is 2.57. The molecule has 27 heavy (non-hydrogen) atoms. The maximum atomic E-state index is 12.7. The Bertz CT molecular complexity index is 905. The molecule has 0 aromatic heterocycles. The summed E-state index contributed by atoms with van der Waals surface area (Å²) in [5.41, 5.74) is 3.23. The van der Waals surface area contributed by atoms with Crippen LogP contribution in [0.3, 0.4) is 0 Å². The lowest BCUT2D eigenvalue weighted by Gasteiger charge is -2.26. The van der Waals surface area contributed by atoms with Crippen LogP contribution in [0.25, 0.3) is 0 Å². The molecule has 2 rings (SSSR count). The number of methoxy groups -OCH3 is 1. The number of hydrogen-bond acceptors (Lipinski definition) is 4. The van der Waals surface area contributed by atoms with Crippen molar-refractivity contribution < 1.29 is 17.9 Å². The van der Waals surface area contributed by atoms with E-state index in [0.29, 0.717) is 18.0 Å². The summed E-state index contributed by atoms with van der Waals surface area (Å²) in [7, 11) is -0.380. The molecular weight excluding hydrogens is 364 g/mol. The van der Waals surface area contributed by atoms with E-state index in [4.69, 9.17) is 4.74 Å². The summed E-state index contributed by atoms with van der Waals surface area (Å²) in [5, 5.41) is 0. The van der Waals surface area contributed by atoms with Crippen LogP contribution >= 0.6 is 0 Å². The van der Waals surface area contributed by atoms with E-state index >= 15 is 0 Å². The van der Waals surface area contributed by atoms with E-state index < -0.39 is 10.0 Å². The lowest BCUT2D eigenvalue weighted by Crippen LogP contribution is -2.41. The minimum absolute atomic E-state index is 0.257. The molecule has 6 nitrogen and oxygen atoms in total. The van der Waals surface area contributed by atoms with Crippen LogP contribution < -0.4 is 9.04 Å². The minimum atomic E-state index is -3.60. The Balaban J connectivity index is 2.23. The van der Waals surface area contributed by atoms with Gasteiger partial charge in [-0.25, -0.2) is 8.42 Å². The molecule has 0 spiro atoms. The molecule has 0 heterocycles. The topological polar surface area (TPSA) is 66.9 Å². The molecule has 0 saturated heterocycles. The molecule has 0 fully saturated rings. The first kappa shape index (κ1) is 20.8. The molecule has 0 unspecified atom stereocenters. The Morgan fingerprint density at radius 1 is 1.07 bits per heavy atom. The Morgan fingerprint density at radius 3 is 2.22 bits per heavy atom. The highest BCUT2D eigenvalue weighted by Gasteiger charge is 2.23. The number of hydrogen-bond donors (Lipinski definition) is 0. The summed E-state index contributed by atoms with van der Waals surface area (Å²) < 4.78 is 31.1. The Labute approximate surface area is 161 Å². The van der Waals surface area contributed by atoms with Crippen molar-refractivity contribution in [3.8, 4) is 5.75 Å². The summed E-state index contributed by atoms with van der Waals surface area (Å²) >= 11 is 0. The molecule has 7 heteroatoms. The first-order chi connectivity index (χ1) is 12.6. The molecule has 0 atom stereocenters. The summed E-state index contributed by atoms with van der Waals surface area (Å²) in [6, 6.07) is 12.9. The fourth-order valence-corrected chi connectivity index (χ4v) is 3.75. The van der Waals surface area contributed by atoms with Gasteiger partial charge in [-0.2, -0.15) is 0 Å². The van der Waals surface area contributed by atoms with Crippen LogP contribution in [0.1, 0.15) is 16.7 Å². The second-order valence-electron chi connectivity index (χ2n) is 6.68. The fraction of sp³-hybridized carbons (Fsp3) is 0.350. The van der Waals surface area contributed by atoms with Gasteiger partial charge in [-0.3, -0.25) is 9.10 Å². The molecule has 0 aliphatic heterocycles. The number of aryl methyl sites for hydroxylation is 2. The van der Waals surface area contributed by atoms with Crippen molar-refractivity contribution in [2.75, 3.05) is 31.3 Å². The van der Waals surface area contributed by atoms with E-state index in [9.17, 15) is 13.2 Å². The summed E-state index contributed by atoms with van der Waals surface area (Å²) in [6.45, 7) is 3.86. The SMILES string of the molecule is COc1ccccc1CN(C)C(=O)CN(c1cc(C)cc(C)c1)S(C)(=O)=O. The second kappa shape index (κ2) is 8.43. The summed E-state index contributed by atoms with van der Waals surface area (Å²) in [6.07, 6.45) is 1.11. The van der Waals surface area contributed by atoms with Crippen LogP contribution in [0, 0.1) is 13.8 Å². The number of nitrogens with zero attached hydrogens (tertiary/aromatic N) is 2. The van der Waals surface area contributed by atoms with Gasteiger partial charge in [-0.1, -0.05) is 24.3 Å². The van der Waals surface area contributed by atoms with Crippen LogP contribution in [0.15, 0.2) is 42.5 Å². The number of likely N-dealkylation sites (N-methyl/N-ethyl adjacent to an activating group) is 1. The maximum Gasteiger partial charge on any atom is 0.243 e. The number of para-hydroxylation sites is 1. The predicted octanol–water partition coefficient (Wildman–Crippen LogP) is 2.74. The van der Waals surface area contributed by atoms with E-state index in [1.807, 2.05) is 44.2 Å². The van der Waals surface area contributed by atoms with Crippen LogP contribution in [0.5, 0.6) is 5.75 Å². The smallest absolute Gasteiger partial charge is 0.243 e. The lowest BCUT2D eigenvalue weighted by atomic mass is 10.1. The summed E-state index contributed by atoms with van der Waals surface area (Å²) in [5.74, 6) is 0.386. The zero-order valence-electron chi connectivity index (χ0n) is 16.4. The summed E-state index contributed by atoms with van der Waals surface area (Å²) in [4.78, 5) is 14.2. The normalized spacial score (nSPS) is 11.1. The van der Waals surface area contributed by atoms with Gasteiger partial charge in [0.15, 0.2) is 0 Å². The predicted molar refractivity (Wildman–Crippen MR) is 108 cm³/mol. The van der Waals surface area contributed by atoms with Gasteiger partial charge in [0.05, 0.1) is 19.1 Å². The number of benzene rings is 2. The van der Waals surface area contributed by atoms with Crippen molar-refractivity contribution in [1.82, 2.24) is 4.90 Å². The average molecular weight is 391 g/mol. The number of amides is 1. The minimum Gasteiger partial charge on any atom is -0.496 e. The van der Waals surface area contributed by atoms with Gasteiger partial charge in [0.2, 0.25) is 15.9 Å². The van der Waals surface area contributed by atoms with Crippen molar-refractivity contribution in [1.29, 1.82) is 0 Å². The molecule has 0 aliphatic carbocycles. The van der Waals surface area contributed by atoms with Crippen molar-refractivity contribution in [2.45, 2.75) is 20.4 Å². The van der Waals surface area contributed by atoms with Crippen molar-refractivity contribution >= 4 is 21.6 Å². The molecule has 0 radical (unpaired) electrons. The maximum absolute atomic E-state index is 12.7.